The fourth-order valence-electron chi connectivity index (χ4n) is 2.05. The average molecular weight is 356 g/mol. The van der Waals surface area contributed by atoms with Gasteiger partial charge in [0.15, 0.2) is 11.9 Å². The van der Waals surface area contributed by atoms with E-state index in [9.17, 15) is 19.1 Å². The molecule has 0 aliphatic carbocycles. The molecule has 1 amide bonds. The van der Waals surface area contributed by atoms with Crippen LogP contribution in [0.4, 0.5) is 4.39 Å². The number of carboxylic acids is 1. The van der Waals surface area contributed by atoms with E-state index in [1.165, 1.54) is 12.1 Å². The first kappa shape index (κ1) is 17.9. The Morgan fingerprint density at radius 2 is 2.21 bits per heavy atom. The van der Waals surface area contributed by atoms with Gasteiger partial charge in [0.1, 0.15) is 5.82 Å². The summed E-state index contributed by atoms with van der Waals surface area (Å²) in [5.41, 5.74) is 0.102. The number of aliphatic carboxylic acids is 1. The molecule has 1 atom stereocenters. The lowest BCUT2D eigenvalue weighted by molar-refractivity contribution is -0.142. The van der Waals surface area contributed by atoms with Gasteiger partial charge < -0.3 is 14.9 Å². The van der Waals surface area contributed by atoms with Gasteiger partial charge in [0.25, 0.3) is 0 Å². The third kappa shape index (κ3) is 4.76. The standard InChI is InChI=1S/C15H15ClFN3O4/c1-8-18-13(24-20-8)4-2-3-12(21)19-14(15(22)23)9-5-6-10(16)11(17)7-9/h5-7,14H,2-4H2,1H3,(H,19,21)(H,22,23). The fraction of sp³-hybridized carbons (Fsp3) is 0.333. The van der Waals surface area contributed by atoms with E-state index in [2.05, 4.69) is 15.5 Å². The van der Waals surface area contributed by atoms with Crippen molar-refractivity contribution in [2.75, 3.05) is 0 Å². The maximum atomic E-state index is 13.5. The monoisotopic (exact) mass is 355 g/mol. The number of aryl methyl sites for hydroxylation is 2. The van der Waals surface area contributed by atoms with Gasteiger partial charge in [-0.3, -0.25) is 4.79 Å². The minimum atomic E-state index is -1.35. The number of amides is 1. The molecule has 0 saturated heterocycles. The lowest BCUT2D eigenvalue weighted by Crippen LogP contribution is -2.33. The van der Waals surface area contributed by atoms with Crippen LogP contribution in [0.2, 0.25) is 5.02 Å². The van der Waals surface area contributed by atoms with Crippen LogP contribution in [0, 0.1) is 12.7 Å². The minimum absolute atomic E-state index is 0.0707. The van der Waals surface area contributed by atoms with Gasteiger partial charge >= 0.3 is 5.97 Å². The Bertz CT molecular complexity index is 750. The predicted molar refractivity (Wildman–Crippen MR) is 81.9 cm³/mol. The highest BCUT2D eigenvalue weighted by Crippen LogP contribution is 2.21. The molecule has 1 unspecified atom stereocenters. The number of carbonyl (C=O) groups excluding carboxylic acids is 1. The molecular formula is C15H15ClFN3O4. The number of hydrogen-bond donors (Lipinski definition) is 2. The summed E-state index contributed by atoms with van der Waals surface area (Å²) >= 11 is 5.57. The van der Waals surface area contributed by atoms with Gasteiger partial charge in [-0.1, -0.05) is 22.8 Å². The van der Waals surface area contributed by atoms with Crippen molar-refractivity contribution >= 4 is 23.5 Å². The molecule has 0 spiro atoms. The summed E-state index contributed by atoms with van der Waals surface area (Å²) in [5, 5.41) is 15.1. The maximum absolute atomic E-state index is 13.5. The van der Waals surface area contributed by atoms with Gasteiger partial charge in [-0.2, -0.15) is 4.98 Å². The van der Waals surface area contributed by atoms with Crippen molar-refractivity contribution in [3.63, 3.8) is 0 Å². The van der Waals surface area contributed by atoms with Crippen LogP contribution in [0.15, 0.2) is 22.7 Å². The second-order valence-electron chi connectivity index (χ2n) is 5.10. The van der Waals surface area contributed by atoms with Gasteiger partial charge in [-0.25, -0.2) is 9.18 Å². The number of nitrogens with one attached hydrogen (secondary N) is 1. The third-order valence-electron chi connectivity index (χ3n) is 3.19. The molecule has 0 saturated carbocycles. The van der Waals surface area contributed by atoms with E-state index >= 15 is 0 Å². The Hall–Kier alpha value is -2.48. The van der Waals surface area contributed by atoms with Crippen LogP contribution in [0.1, 0.15) is 36.2 Å². The third-order valence-corrected chi connectivity index (χ3v) is 3.50. The number of carbonyl (C=O) groups is 2. The van der Waals surface area contributed by atoms with E-state index in [1.807, 2.05) is 0 Å². The minimum Gasteiger partial charge on any atom is -0.479 e. The summed E-state index contributed by atoms with van der Waals surface area (Å²) in [4.78, 5) is 27.2. The zero-order valence-electron chi connectivity index (χ0n) is 12.8. The number of carboxylic acid groups (broad SMARTS) is 1. The van der Waals surface area contributed by atoms with Gasteiger partial charge in [0.2, 0.25) is 11.8 Å². The first-order valence-corrected chi connectivity index (χ1v) is 7.51. The quantitative estimate of drug-likeness (QED) is 0.790. The SMILES string of the molecule is Cc1noc(CCCC(=O)NC(C(=O)O)c2ccc(Cl)c(F)c2)n1. The largest absolute Gasteiger partial charge is 0.479 e. The number of benzene rings is 1. The second-order valence-corrected chi connectivity index (χ2v) is 5.51. The average Bonchev–Trinajstić information content (AvgIpc) is 2.93. The van der Waals surface area contributed by atoms with E-state index < -0.39 is 23.7 Å². The molecule has 7 nitrogen and oxygen atoms in total. The molecule has 1 aromatic carbocycles. The fourth-order valence-corrected chi connectivity index (χ4v) is 2.17. The molecule has 0 radical (unpaired) electrons. The summed E-state index contributed by atoms with van der Waals surface area (Å²) < 4.78 is 18.4. The summed E-state index contributed by atoms with van der Waals surface area (Å²) in [7, 11) is 0. The Labute approximate surface area is 141 Å². The number of nitrogens with zero attached hydrogens (tertiary/aromatic N) is 2. The van der Waals surface area contributed by atoms with E-state index in [0.29, 0.717) is 24.6 Å². The topological polar surface area (TPSA) is 105 Å². The molecule has 9 heteroatoms. The summed E-state index contributed by atoms with van der Waals surface area (Å²) in [6.45, 7) is 1.68. The number of rotatable bonds is 7. The summed E-state index contributed by atoms with van der Waals surface area (Å²) in [5.74, 6) is -1.60. The van der Waals surface area contributed by atoms with Gasteiger partial charge in [-0.05, 0) is 31.0 Å². The van der Waals surface area contributed by atoms with E-state index in [1.54, 1.807) is 6.92 Å². The van der Waals surface area contributed by atoms with E-state index in [0.717, 1.165) is 6.07 Å². The molecular weight excluding hydrogens is 341 g/mol. The van der Waals surface area contributed by atoms with Crippen LogP contribution in [0.25, 0.3) is 0 Å². The molecule has 1 aromatic heterocycles. The van der Waals surface area contributed by atoms with Crippen LogP contribution in [0.3, 0.4) is 0 Å². The zero-order chi connectivity index (χ0) is 17.7. The van der Waals surface area contributed by atoms with Crippen molar-refractivity contribution in [3.05, 3.63) is 46.3 Å². The maximum Gasteiger partial charge on any atom is 0.330 e. The van der Waals surface area contributed by atoms with Crippen molar-refractivity contribution in [2.45, 2.75) is 32.2 Å². The zero-order valence-corrected chi connectivity index (χ0v) is 13.5. The summed E-state index contributed by atoms with van der Waals surface area (Å²) in [6, 6.07) is 2.23. The number of aromatic nitrogens is 2. The molecule has 1 heterocycles. The Morgan fingerprint density at radius 1 is 1.46 bits per heavy atom. The smallest absolute Gasteiger partial charge is 0.330 e. The number of hydrogen-bond acceptors (Lipinski definition) is 5. The molecule has 24 heavy (non-hydrogen) atoms. The molecule has 0 aliphatic heterocycles. The second kappa shape index (κ2) is 7.87. The van der Waals surface area contributed by atoms with Crippen LogP contribution in [-0.2, 0) is 16.0 Å². The van der Waals surface area contributed by atoms with E-state index in [-0.39, 0.29) is 17.0 Å². The Balaban J connectivity index is 1.93. The first-order chi connectivity index (χ1) is 11.4. The molecule has 0 bridgehead atoms. The van der Waals surface area contributed by atoms with Crippen LogP contribution in [0.5, 0.6) is 0 Å². The van der Waals surface area contributed by atoms with Crippen LogP contribution in [-0.4, -0.2) is 27.1 Å². The van der Waals surface area contributed by atoms with E-state index in [4.69, 9.17) is 16.1 Å². The lowest BCUT2D eigenvalue weighted by atomic mass is 10.1. The van der Waals surface area contributed by atoms with Gasteiger partial charge in [-0.15, -0.1) is 0 Å². The van der Waals surface area contributed by atoms with Gasteiger partial charge in [0, 0.05) is 12.8 Å². The highest BCUT2D eigenvalue weighted by Gasteiger charge is 2.23. The molecule has 0 fully saturated rings. The Morgan fingerprint density at radius 3 is 2.79 bits per heavy atom. The Kier molecular flexibility index (Phi) is 5.86. The highest BCUT2D eigenvalue weighted by molar-refractivity contribution is 6.30. The molecule has 0 aliphatic rings. The summed E-state index contributed by atoms with van der Waals surface area (Å²) in [6.07, 6.45) is 0.887. The first-order valence-electron chi connectivity index (χ1n) is 7.13. The van der Waals surface area contributed by atoms with Crippen molar-refractivity contribution in [2.24, 2.45) is 0 Å². The highest BCUT2D eigenvalue weighted by atomic mass is 35.5. The van der Waals surface area contributed by atoms with Gasteiger partial charge in [0.05, 0.1) is 5.02 Å². The van der Waals surface area contributed by atoms with Crippen molar-refractivity contribution in [1.82, 2.24) is 15.5 Å². The predicted octanol–water partition coefficient (Wildman–Crippen LogP) is 2.44. The normalized spacial score (nSPS) is 12.0. The number of halogens is 2. The van der Waals surface area contributed by atoms with Crippen LogP contribution < -0.4 is 5.32 Å². The molecule has 2 aromatic rings. The molecule has 2 N–H and O–H groups in total. The van der Waals surface area contributed by atoms with Crippen molar-refractivity contribution < 1.29 is 23.6 Å². The lowest BCUT2D eigenvalue weighted by Gasteiger charge is -2.15. The van der Waals surface area contributed by atoms with Crippen LogP contribution >= 0.6 is 11.6 Å². The molecule has 128 valence electrons. The van der Waals surface area contributed by atoms with Crippen molar-refractivity contribution in [3.8, 4) is 0 Å². The van der Waals surface area contributed by atoms with Crippen molar-refractivity contribution in [1.29, 1.82) is 0 Å². The molecule has 2 rings (SSSR count).